The van der Waals surface area contributed by atoms with Crippen molar-refractivity contribution in [1.82, 2.24) is 9.97 Å². The van der Waals surface area contributed by atoms with Gasteiger partial charge >= 0.3 is 0 Å². The predicted molar refractivity (Wildman–Crippen MR) is 85.4 cm³/mol. The molecule has 0 bridgehead atoms. The van der Waals surface area contributed by atoms with Gasteiger partial charge in [0.2, 0.25) is 5.95 Å². The minimum absolute atomic E-state index is 0.398. The summed E-state index contributed by atoms with van der Waals surface area (Å²) in [5, 5.41) is 3.24. The molecule has 20 heavy (non-hydrogen) atoms. The molecule has 0 spiro atoms. The first-order chi connectivity index (χ1) is 9.74. The van der Waals surface area contributed by atoms with E-state index in [2.05, 4.69) is 50.0 Å². The third-order valence-electron chi connectivity index (χ3n) is 3.40. The van der Waals surface area contributed by atoms with Crippen molar-refractivity contribution in [2.45, 2.75) is 39.2 Å². The van der Waals surface area contributed by atoms with Crippen LogP contribution in [0.3, 0.4) is 0 Å². The molecule has 0 radical (unpaired) electrons. The Hall–Kier alpha value is -0.880. The summed E-state index contributed by atoms with van der Waals surface area (Å²) >= 11 is 3.55. The van der Waals surface area contributed by atoms with E-state index in [9.17, 15) is 0 Å². The molecule has 0 saturated carbocycles. The van der Waals surface area contributed by atoms with Crippen molar-refractivity contribution in [3.05, 3.63) is 10.7 Å². The first-order valence-corrected chi connectivity index (χ1v) is 8.16. The van der Waals surface area contributed by atoms with Crippen molar-refractivity contribution in [2.75, 3.05) is 36.5 Å². The molecule has 0 unspecified atom stereocenters. The first-order valence-electron chi connectivity index (χ1n) is 7.37. The summed E-state index contributed by atoms with van der Waals surface area (Å²) in [4.78, 5) is 11.2. The molecule has 0 aliphatic carbocycles. The zero-order valence-corrected chi connectivity index (χ0v) is 13.8. The Bertz CT molecular complexity index is 422. The molecule has 1 aromatic heterocycles. The van der Waals surface area contributed by atoms with E-state index >= 15 is 0 Å². The predicted octanol–water partition coefficient (Wildman–Crippen LogP) is 3.07. The van der Waals surface area contributed by atoms with Crippen LogP contribution >= 0.6 is 15.9 Å². The van der Waals surface area contributed by atoms with Crippen molar-refractivity contribution >= 4 is 27.7 Å². The second-order valence-corrected chi connectivity index (χ2v) is 5.79. The van der Waals surface area contributed by atoms with E-state index in [4.69, 9.17) is 4.74 Å². The molecule has 1 fully saturated rings. The van der Waals surface area contributed by atoms with Gasteiger partial charge in [0.25, 0.3) is 0 Å². The zero-order chi connectivity index (χ0) is 14.4. The number of nitrogens with zero attached hydrogens (tertiary/aromatic N) is 3. The summed E-state index contributed by atoms with van der Waals surface area (Å²) in [5.74, 6) is 1.69. The Morgan fingerprint density at radius 2 is 2.15 bits per heavy atom. The van der Waals surface area contributed by atoms with Gasteiger partial charge in [-0.1, -0.05) is 6.92 Å². The lowest BCUT2D eigenvalue weighted by molar-refractivity contribution is 0.0458. The highest BCUT2D eigenvalue weighted by atomic mass is 79.9. The Balaban J connectivity index is 2.01. The summed E-state index contributed by atoms with van der Waals surface area (Å²) in [6.07, 6.45) is 5.41. The molecular weight excluding hydrogens is 320 g/mol. The lowest BCUT2D eigenvalue weighted by Crippen LogP contribution is -2.37. The van der Waals surface area contributed by atoms with Crippen LogP contribution in [0, 0.1) is 0 Å². The normalized spacial score (nSPS) is 16.4. The maximum absolute atomic E-state index is 5.69. The molecule has 2 heterocycles. The molecule has 0 amide bonds. The SMILES string of the molecule is CCCNc1ncc(Br)c(N2CCC(OCC)CC2)n1. The Kier molecular flexibility index (Phi) is 6.04. The van der Waals surface area contributed by atoms with Gasteiger partial charge in [-0.05, 0) is 42.1 Å². The van der Waals surface area contributed by atoms with Gasteiger partial charge in [0, 0.05) is 32.4 Å². The minimum Gasteiger partial charge on any atom is -0.378 e. The quantitative estimate of drug-likeness (QED) is 0.860. The molecule has 112 valence electrons. The topological polar surface area (TPSA) is 50.3 Å². The van der Waals surface area contributed by atoms with Crippen LogP contribution in [0.2, 0.25) is 0 Å². The summed E-state index contributed by atoms with van der Waals surface area (Å²) in [6.45, 7) is 7.84. The minimum atomic E-state index is 0.398. The van der Waals surface area contributed by atoms with Gasteiger partial charge in [0.05, 0.1) is 10.6 Å². The van der Waals surface area contributed by atoms with Crippen molar-refractivity contribution in [3.8, 4) is 0 Å². The molecule has 6 heteroatoms. The van der Waals surface area contributed by atoms with Gasteiger partial charge < -0.3 is 15.0 Å². The monoisotopic (exact) mass is 342 g/mol. The van der Waals surface area contributed by atoms with Gasteiger partial charge in [-0.3, -0.25) is 0 Å². The van der Waals surface area contributed by atoms with E-state index in [-0.39, 0.29) is 0 Å². The van der Waals surface area contributed by atoms with Gasteiger partial charge in [0.1, 0.15) is 5.82 Å². The molecule has 1 N–H and O–H groups in total. The molecule has 2 rings (SSSR count). The highest BCUT2D eigenvalue weighted by molar-refractivity contribution is 9.10. The van der Waals surface area contributed by atoms with Crippen LogP contribution in [0.4, 0.5) is 11.8 Å². The number of anilines is 2. The molecule has 1 saturated heterocycles. The van der Waals surface area contributed by atoms with Crippen molar-refractivity contribution in [3.63, 3.8) is 0 Å². The smallest absolute Gasteiger partial charge is 0.224 e. The molecule has 5 nitrogen and oxygen atoms in total. The number of aromatic nitrogens is 2. The van der Waals surface area contributed by atoms with Gasteiger partial charge in [-0.25, -0.2) is 4.98 Å². The largest absolute Gasteiger partial charge is 0.378 e. The van der Waals surface area contributed by atoms with Crippen LogP contribution in [0.1, 0.15) is 33.1 Å². The number of ether oxygens (including phenoxy) is 1. The average molecular weight is 343 g/mol. The fourth-order valence-corrected chi connectivity index (χ4v) is 2.81. The third-order valence-corrected chi connectivity index (χ3v) is 3.96. The molecule has 1 aliphatic rings. The highest BCUT2D eigenvalue weighted by Gasteiger charge is 2.22. The van der Waals surface area contributed by atoms with E-state index in [1.54, 1.807) is 0 Å². The van der Waals surface area contributed by atoms with Crippen molar-refractivity contribution in [1.29, 1.82) is 0 Å². The number of piperidine rings is 1. The van der Waals surface area contributed by atoms with E-state index < -0.39 is 0 Å². The summed E-state index contributed by atoms with van der Waals surface area (Å²) in [5.41, 5.74) is 0. The molecule has 1 aromatic rings. The third kappa shape index (κ3) is 4.06. The average Bonchev–Trinajstić information content (AvgIpc) is 2.48. The van der Waals surface area contributed by atoms with Crippen LogP contribution in [0.5, 0.6) is 0 Å². The summed E-state index contributed by atoms with van der Waals surface area (Å²) < 4.78 is 6.64. The Morgan fingerprint density at radius 1 is 1.40 bits per heavy atom. The second-order valence-electron chi connectivity index (χ2n) is 4.93. The van der Waals surface area contributed by atoms with E-state index in [0.29, 0.717) is 12.1 Å². The van der Waals surface area contributed by atoms with E-state index in [0.717, 1.165) is 55.8 Å². The fourth-order valence-electron chi connectivity index (χ4n) is 2.37. The summed E-state index contributed by atoms with van der Waals surface area (Å²) in [6, 6.07) is 0. The molecule has 0 aromatic carbocycles. The van der Waals surface area contributed by atoms with Crippen molar-refractivity contribution < 1.29 is 4.74 Å². The zero-order valence-electron chi connectivity index (χ0n) is 12.2. The molecule has 0 atom stereocenters. The Labute approximate surface area is 129 Å². The maximum atomic E-state index is 5.69. The standard InChI is InChI=1S/C14H23BrN4O/c1-3-7-16-14-17-10-12(15)13(18-14)19-8-5-11(6-9-19)20-4-2/h10-11H,3-9H2,1-2H3,(H,16,17,18). The van der Waals surface area contributed by atoms with Crippen LogP contribution in [-0.2, 0) is 4.74 Å². The number of halogens is 1. The van der Waals surface area contributed by atoms with Crippen LogP contribution in [-0.4, -0.2) is 42.3 Å². The number of hydrogen-bond acceptors (Lipinski definition) is 5. The van der Waals surface area contributed by atoms with E-state index in [1.807, 2.05) is 6.20 Å². The Morgan fingerprint density at radius 3 is 2.80 bits per heavy atom. The van der Waals surface area contributed by atoms with Gasteiger partial charge in [0.15, 0.2) is 0 Å². The number of hydrogen-bond donors (Lipinski definition) is 1. The fraction of sp³-hybridized carbons (Fsp3) is 0.714. The number of nitrogens with one attached hydrogen (secondary N) is 1. The van der Waals surface area contributed by atoms with E-state index in [1.165, 1.54) is 0 Å². The lowest BCUT2D eigenvalue weighted by atomic mass is 10.1. The second kappa shape index (κ2) is 7.78. The summed E-state index contributed by atoms with van der Waals surface area (Å²) in [7, 11) is 0. The van der Waals surface area contributed by atoms with Gasteiger partial charge in [-0.2, -0.15) is 4.98 Å². The van der Waals surface area contributed by atoms with Crippen molar-refractivity contribution in [2.24, 2.45) is 0 Å². The number of rotatable bonds is 6. The lowest BCUT2D eigenvalue weighted by Gasteiger charge is -2.33. The van der Waals surface area contributed by atoms with Crippen LogP contribution < -0.4 is 10.2 Å². The maximum Gasteiger partial charge on any atom is 0.224 e. The van der Waals surface area contributed by atoms with Crippen LogP contribution in [0.15, 0.2) is 10.7 Å². The molecular formula is C14H23BrN4O. The first kappa shape index (κ1) is 15.5. The van der Waals surface area contributed by atoms with Crippen LogP contribution in [0.25, 0.3) is 0 Å². The van der Waals surface area contributed by atoms with Gasteiger partial charge in [-0.15, -0.1) is 0 Å². The molecule has 1 aliphatic heterocycles. The highest BCUT2D eigenvalue weighted by Crippen LogP contribution is 2.27.